The molecule has 1 atom stereocenters. The lowest BCUT2D eigenvalue weighted by atomic mass is 10.1. The van der Waals surface area contributed by atoms with Gasteiger partial charge >= 0.3 is 5.69 Å². The van der Waals surface area contributed by atoms with Crippen LogP contribution in [0, 0.1) is 17.7 Å². The molecule has 1 aromatic carbocycles. The van der Waals surface area contributed by atoms with Crippen LogP contribution in [0.3, 0.4) is 0 Å². The van der Waals surface area contributed by atoms with Crippen LogP contribution in [0.4, 0.5) is 10.3 Å². The fraction of sp³-hybridized carbons (Fsp3) is 0.409. The molecule has 0 radical (unpaired) electrons. The van der Waals surface area contributed by atoms with Crippen molar-refractivity contribution in [2.45, 2.75) is 38.9 Å². The van der Waals surface area contributed by atoms with Gasteiger partial charge in [-0.1, -0.05) is 24.1 Å². The zero-order chi connectivity index (χ0) is 22.1. The van der Waals surface area contributed by atoms with Crippen LogP contribution in [0.2, 0.25) is 0 Å². The van der Waals surface area contributed by atoms with Crippen LogP contribution in [-0.4, -0.2) is 37.8 Å². The summed E-state index contributed by atoms with van der Waals surface area (Å²) in [5.74, 6) is 5.95. The molecule has 162 valence electrons. The maximum absolute atomic E-state index is 14.2. The Balaban J connectivity index is 1.94. The number of imidazole rings is 1. The molecule has 4 rings (SSSR count). The maximum atomic E-state index is 14.2. The van der Waals surface area contributed by atoms with E-state index in [1.807, 2.05) is 4.90 Å². The summed E-state index contributed by atoms with van der Waals surface area (Å²) in [5.41, 5.74) is 5.91. The Morgan fingerprint density at radius 2 is 2.03 bits per heavy atom. The van der Waals surface area contributed by atoms with Gasteiger partial charge in [0.05, 0.1) is 13.1 Å². The van der Waals surface area contributed by atoms with E-state index in [1.54, 1.807) is 36.7 Å². The summed E-state index contributed by atoms with van der Waals surface area (Å²) in [6.07, 6.45) is 1.85. The quantitative estimate of drug-likeness (QED) is 0.632. The summed E-state index contributed by atoms with van der Waals surface area (Å²) >= 11 is 0. The van der Waals surface area contributed by atoms with E-state index in [0.29, 0.717) is 12.5 Å². The molecule has 0 aliphatic carbocycles. The van der Waals surface area contributed by atoms with Gasteiger partial charge in [-0.2, -0.15) is 4.98 Å². The Kier molecular flexibility index (Phi) is 5.65. The fourth-order valence-corrected chi connectivity index (χ4v) is 4.04. The second-order valence-electron chi connectivity index (χ2n) is 7.77. The normalized spacial score (nSPS) is 16.4. The van der Waals surface area contributed by atoms with Crippen molar-refractivity contribution in [2.75, 3.05) is 18.0 Å². The van der Waals surface area contributed by atoms with E-state index in [4.69, 9.17) is 5.73 Å². The lowest BCUT2D eigenvalue weighted by Crippen LogP contribution is -2.44. The lowest BCUT2D eigenvalue weighted by Gasteiger charge is -2.31. The van der Waals surface area contributed by atoms with Gasteiger partial charge in [0, 0.05) is 31.7 Å². The highest BCUT2D eigenvalue weighted by Crippen LogP contribution is 2.23. The Morgan fingerprint density at radius 3 is 2.74 bits per heavy atom. The molecule has 8 nitrogen and oxygen atoms in total. The topological polar surface area (TPSA) is 91.1 Å². The van der Waals surface area contributed by atoms with Crippen LogP contribution in [0.25, 0.3) is 11.2 Å². The molecule has 1 aliphatic heterocycles. The van der Waals surface area contributed by atoms with Gasteiger partial charge in [-0.05, 0) is 25.8 Å². The van der Waals surface area contributed by atoms with Crippen LogP contribution in [-0.2, 0) is 20.1 Å². The summed E-state index contributed by atoms with van der Waals surface area (Å²) < 4.78 is 18.3. The van der Waals surface area contributed by atoms with Crippen molar-refractivity contribution in [3.8, 4) is 11.8 Å². The van der Waals surface area contributed by atoms with E-state index in [2.05, 4.69) is 16.8 Å². The first-order chi connectivity index (χ1) is 14.9. The van der Waals surface area contributed by atoms with E-state index in [9.17, 15) is 14.0 Å². The lowest BCUT2D eigenvalue weighted by molar-refractivity contribution is 0.496. The van der Waals surface area contributed by atoms with Crippen molar-refractivity contribution in [1.29, 1.82) is 0 Å². The number of rotatable bonds is 4. The molecule has 1 fully saturated rings. The van der Waals surface area contributed by atoms with Gasteiger partial charge in [0.2, 0.25) is 5.95 Å². The zero-order valence-corrected chi connectivity index (χ0v) is 17.6. The molecule has 31 heavy (non-hydrogen) atoms. The van der Waals surface area contributed by atoms with Gasteiger partial charge in [-0.25, -0.2) is 9.18 Å². The maximum Gasteiger partial charge on any atom is 0.332 e. The van der Waals surface area contributed by atoms with E-state index < -0.39 is 17.1 Å². The summed E-state index contributed by atoms with van der Waals surface area (Å²) in [6, 6.07) is 6.12. The molecule has 0 unspecified atom stereocenters. The number of benzene rings is 1. The third-order valence-electron chi connectivity index (χ3n) is 5.65. The summed E-state index contributed by atoms with van der Waals surface area (Å²) in [6.45, 7) is 3.18. The summed E-state index contributed by atoms with van der Waals surface area (Å²) in [7, 11) is 1.57. The number of fused-ring (bicyclic) bond motifs is 1. The van der Waals surface area contributed by atoms with Crippen molar-refractivity contribution < 1.29 is 4.39 Å². The van der Waals surface area contributed by atoms with E-state index in [-0.39, 0.29) is 35.9 Å². The Morgan fingerprint density at radius 1 is 1.26 bits per heavy atom. The second kappa shape index (κ2) is 8.40. The van der Waals surface area contributed by atoms with Gasteiger partial charge < -0.3 is 10.6 Å². The van der Waals surface area contributed by atoms with Gasteiger partial charge in [0.25, 0.3) is 5.56 Å². The van der Waals surface area contributed by atoms with E-state index in [0.717, 1.165) is 24.0 Å². The van der Waals surface area contributed by atoms with Gasteiger partial charge in [0.1, 0.15) is 5.82 Å². The van der Waals surface area contributed by atoms with Crippen molar-refractivity contribution in [1.82, 2.24) is 18.7 Å². The van der Waals surface area contributed by atoms with Crippen LogP contribution < -0.4 is 21.9 Å². The van der Waals surface area contributed by atoms with Gasteiger partial charge in [-0.15, -0.1) is 5.92 Å². The number of piperidine rings is 1. The second-order valence-corrected chi connectivity index (χ2v) is 7.77. The van der Waals surface area contributed by atoms with Crippen molar-refractivity contribution >= 4 is 17.1 Å². The summed E-state index contributed by atoms with van der Waals surface area (Å²) in [5, 5.41) is 0. The molecule has 3 aromatic rings. The minimum absolute atomic E-state index is 0.0146. The van der Waals surface area contributed by atoms with E-state index >= 15 is 0 Å². The van der Waals surface area contributed by atoms with Crippen LogP contribution in [0.5, 0.6) is 0 Å². The minimum Gasteiger partial charge on any atom is -0.341 e. The Hall–Kier alpha value is -3.38. The van der Waals surface area contributed by atoms with Crippen LogP contribution >= 0.6 is 0 Å². The molecule has 0 bridgehead atoms. The highest BCUT2D eigenvalue weighted by molar-refractivity contribution is 5.75. The van der Waals surface area contributed by atoms with Crippen LogP contribution in [0.15, 0.2) is 33.9 Å². The molecule has 1 aliphatic rings. The van der Waals surface area contributed by atoms with Crippen molar-refractivity contribution in [2.24, 2.45) is 12.8 Å². The molecule has 0 saturated carbocycles. The van der Waals surface area contributed by atoms with Gasteiger partial charge in [0.15, 0.2) is 11.2 Å². The van der Waals surface area contributed by atoms with Crippen molar-refractivity contribution in [3.05, 3.63) is 56.5 Å². The predicted octanol–water partition coefficient (Wildman–Crippen LogP) is 1.03. The number of nitrogens with two attached hydrogens (primary N) is 1. The number of hydrogen-bond acceptors (Lipinski definition) is 5. The highest BCUT2D eigenvalue weighted by atomic mass is 19.1. The number of halogens is 1. The first-order valence-corrected chi connectivity index (χ1v) is 10.3. The first kappa shape index (κ1) is 20.9. The van der Waals surface area contributed by atoms with E-state index in [1.165, 1.54) is 10.6 Å². The molecular weight excluding hydrogens is 399 g/mol. The largest absolute Gasteiger partial charge is 0.341 e. The molecule has 2 N–H and O–H groups in total. The summed E-state index contributed by atoms with van der Waals surface area (Å²) in [4.78, 5) is 33.1. The molecule has 0 amide bonds. The Bertz CT molecular complexity index is 1310. The van der Waals surface area contributed by atoms with Crippen LogP contribution in [0.1, 0.15) is 25.3 Å². The zero-order valence-electron chi connectivity index (χ0n) is 17.6. The molecule has 2 aromatic heterocycles. The molecule has 0 spiro atoms. The molecule has 1 saturated heterocycles. The third-order valence-corrected chi connectivity index (χ3v) is 5.65. The monoisotopic (exact) mass is 424 g/mol. The van der Waals surface area contributed by atoms with Gasteiger partial charge in [-0.3, -0.25) is 18.5 Å². The Labute approximate surface area is 178 Å². The highest BCUT2D eigenvalue weighted by Gasteiger charge is 2.26. The standard InChI is InChI=1S/C22H25FN6O2/c1-3-4-12-28-18-19(25-21(28)27-11-7-9-16(24)14-27)26(2)22(31)29(20(18)30)13-15-8-5-6-10-17(15)23/h5-6,8,10,16H,7,9,11-14,24H2,1-2H3/t16-/m1/s1. The number of hydrogen-bond donors (Lipinski definition) is 1. The third kappa shape index (κ3) is 3.75. The minimum atomic E-state index is -0.547. The first-order valence-electron chi connectivity index (χ1n) is 10.3. The average molecular weight is 424 g/mol. The number of aromatic nitrogens is 4. The molecule has 3 heterocycles. The smallest absolute Gasteiger partial charge is 0.332 e. The number of nitrogens with zero attached hydrogens (tertiary/aromatic N) is 5. The molecular formula is C22H25FN6O2. The molecule has 9 heteroatoms. The average Bonchev–Trinajstić information content (AvgIpc) is 3.14. The fourth-order valence-electron chi connectivity index (χ4n) is 4.04. The SMILES string of the molecule is CC#CCn1c(N2CCC[C@@H](N)C2)nc2c1c(=O)n(Cc1ccccc1F)c(=O)n2C. The predicted molar refractivity (Wildman–Crippen MR) is 118 cm³/mol. The number of anilines is 1. The number of aryl methyl sites for hydroxylation is 1. The van der Waals surface area contributed by atoms with Crippen molar-refractivity contribution in [3.63, 3.8) is 0 Å².